The minimum absolute atomic E-state index is 0.160. The lowest BCUT2D eigenvalue weighted by Crippen LogP contribution is -2.35. The Morgan fingerprint density at radius 3 is 2.56 bits per heavy atom. The third kappa shape index (κ3) is 4.98. The normalized spacial score (nSPS) is 14.8. The maximum absolute atomic E-state index is 12.3. The number of nitrogens with two attached hydrogens (primary N) is 1. The zero-order valence-electron chi connectivity index (χ0n) is 15.0. The van der Waals surface area contributed by atoms with E-state index in [9.17, 15) is 9.59 Å². The van der Waals surface area contributed by atoms with Crippen molar-refractivity contribution in [1.29, 1.82) is 0 Å². The van der Waals surface area contributed by atoms with Crippen LogP contribution in [0.3, 0.4) is 0 Å². The fraction of sp³-hybridized carbons (Fsp3) is 0.350. The molecule has 2 heterocycles. The first-order chi connectivity index (χ1) is 13.0. The van der Waals surface area contributed by atoms with Gasteiger partial charge in [0.1, 0.15) is 0 Å². The highest BCUT2D eigenvalue weighted by Gasteiger charge is 2.19. The summed E-state index contributed by atoms with van der Waals surface area (Å²) in [7, 11) is 0. The number of nitrogens with zero attached hydrogens (tertiary/aromatic N) is 2. The lowest BCUT2D eigenvalue weighted by atomic mass is 9.93. The second-order valence-corrected chi connectivity index (χ2v) is 7.15. The Kier molecular flexibility index (Phi) is 6.29. The molecular formula is C20H23ClN4O2. The van der Waals surface area contributed by atoms with Gasteiger partial charge in [-0.15, -0.1) is 0 Å². The molecule has 0 unspecified atom stereocenters. The molecule has 6 nitrogen and oxygen atoms in total. The molecule has 1 fully saturated rings. The molecule has 142 valence electrons. The van der Waals surface area contributed by atoms with Crippen molar-refractivity contribution in [3.63, 3.8) is 0 Å². The predicted molar refractivity (Wildman–Crippen MR) is 106 cm³/mol. The fourth-order valence-corrected chi connectivity index (χ4v) is 3.59. The largest absolute Gasteiger partial charge is 0.371 e. The number of benzene rings is 1. The molecule has 0 radical (unpaired) electrons. The van der Waals surface area contributed by atoms with Gasteiger partial charge in [-0.25, -0.2) is 0 Å². The molecule has 0 atom stereocenters. The monoisotopic (exact) mass is 386 g/mol. The number of pyridine rings is 1. The molecule has 1 aliphatic rings. The minimum Gasteiger partial charge on any atom is -0.371 e. The lowest BCUT2D eigenvalue weighted by molar-refractivity contribution is 0.0950. The van der Waals surface area contributed by atoms with Crippen LogP contribution >= 0.6 is 11.6 Å². The van der Waals surface area contributed by atoms with E-state index in [1.807, 2.05) is 24.5 Å². The Labute approximate surface area is 163 Å². The van der Waals surface area contributed by atoms with Gasteiger partial charge in [0.2, 0.25) is 5.91 Å². The van der Waals surface area contributed by atoms with Crippen LogP contribution in [0, 0.1) is 5.92 Å². The van der Waals surface area contributed by atoms with E-state index < -0.39 is 5.91 Å². The number of hydrogen-bond donors (Lipinski definition) is 2. The first-order valence-electron chi connectivity index (χ1n) is 9.07. The first-order valence-corrected chi connectivity index (χ1v) is 9.45. The standard InChI is InChI=1S/C20H23ClN4O2/c21-18-2-1-15(13-17(18)19(22)26)20(27)24-10-3-14-6-11-25(12-7-14)16-4-8-23-9-5-16/h1-2,4-5,8-9,13-14H,3,6-7,10-12H2,(H2,22,26)(H,24,27). The average molecular weight is 387 g/mol. The van der Waals surface area contributed by atoms with E-state index in [0.29, 0.717) is 18.0 Å². The van der Waals surface area contributed by atoms with Gasteiger partial charge in [-0.1, -0.05) is 11.6 Å². The molecule has 7 heteroatoms. The van der Waals surface area contributed by atoms with Crippen molar-refractivity contribution >= 4 is 29.1 Å². The van der Waals surface area contributed by atoms with Gasteiger partial charge in [-0.3, -0.25) is 14.6 Å². The van der Waals surface area contributed by atoms with Crippen LogP contribution in [0.4, 0.5) is 5.69 Å². The smallest absolute Gasteiger partial charge is 0.251 e. The summed E-state index contributed by atoms with van der Waals surface area (Å²) in [6.07, 6.45) is 6.77. The second-order valence-electron chi connectivity index (χ2n) is 6.74. The highest BCUT2D eigenvalue weighted by molar-refractivity contribution is 6.34. The number of amides is 2. The number of carbonyl (C=O) groups is 2. The lowest BCUT2D eigenvalue weighted by Gasteiger charge is -2.33. The second kappa shape index (κ2) is 8.86. The van der Waals surface area contributed by atoms with E-state index in [0.717, 1.165) is 32.4 Å². The summed E-state index contributed by atoms with van der Waals surface area (Å²) in [6, 6.07) is 8.62. The zero-order valence-corrected chi connectivity index (χ0v) is 15.8. The number of primary amides is 1. The van der Waals surface area contributed by atoms with Gasteiger partial charge in [-0.05, 0) is 55.5 Å². The molecule has 0 bridgehead atoms. The van der Waals surface area contributed by atoms with Crippen molar-refractivity contribution in [2.75, 3.05) is 24.5 Å². The molecule has 2 amide bonds. The molecule has 1 aromatic heterocycles. The molecule has 1 aliphatic heterocycles. The number of nitrogens with one attached hydrogen (secondary N) is 1. The highest BCUT2D eigenvalue weighted by Crippen LogP contribution is 2.24. The van der Waals surface area contributed by atoms with Gasteiger partial charge in [0.05, 0.1) is 10.6 Å². The molecule has 0 spiro atoms. The summed E-state index contributed by atoms with van der Waals surface area (Å²) in [5, 5.41) is 3.17. The summed E-state index contributed by atoms with van der Waals surface area (Å²) < 4.78 is 0. The van der Waals surface area contributed by atoms with E-state index in [2.05, 4.69) is 15.2 Å². The van der Waals surface area contributed by atoms with E-state index >= 15 is 0 Å². The number of hydrogen-bond acceptors (Lipinski definition) is 4. The fourth-order valence-electron chi connectivity index (χ4n) is 3.38. The number of anilines is 1. The Bertz CT molecular complexity index is 805. The van der Waals surface area contributed by atoms with Crippen molar-refractivity contribution in [1.82, 2.24) is 10.3 Å². The van der Waals surface area contributed by atoms with Crippen molar-refractivity contribution in [2.24, 2.45) is 11.7 Å². The summed E-state index contributed by atoms with van der Waals surface area (Å²) in [6.45, 7) is 2.64. The molecule has 1 saturated heterocycles. The Morgan fingerprint density at radius 1 is 1.19 bits per heavy atom. The zero-order chi connectivity index (χ0) is 19.2. The summed E-state index contributed by atoms with van der Waals surface area (Å²) in [5.41, 5.74) is 7.03. The van der Waals surface area contributed by atoms with Crippen LogP contribution in [0.1, 0.15) is 40.0 Å². The van der Waals surface area contributed by atoms with Crippen LogP contribution < -0.4 is 16.0 Å². The van der Waals surface area contributed by atoms with Crippen molar-refractivity contribution in [2.45, 2.75) is 19.3 Å². The van der Waals surface area contributed by atoms with Crippen LogP contribution in [0.2, 0.25) is 5.02 Å². The Hall–Kier alpha value is -2.60. The summed E-state index contributed by atoms with van der Waals surface area (Å²) >= 11 is 5.92. The van der Waals surface area contributed by atoms with Crippen LogP contribution in [-0.4, -0.2) is 36.4 Å². The molecule has 3 rings (SSSR count). The van der Waals surface area contributed by atoms with Crippen molar-refractivity contribution < 1.29 is 9.59 Å². The number of halogens is 1. The number of aromatic nitrogens is 1. The number of rotatable bonds is 6. The predicted octanol–water partition coefficient (Wildman–Crippen LogP) is 2.87. The van der Waals surface area contributed by atoms with Gasteiger partial charge in [0, 0.05) is 43.3 Å². The summed E-state index contributed by atoms with van der Waals surface area (Å²) in [4.78, 5) is 30.1. The quantitative estimate of drug-likeness (QED) is 0.798. The van der Waals surface area contributed by atoms with Gasteiger partial charge < -0.3 is 16.0 Å². The van der Waals surface area contributed by atoms with E-state index in [1.54, 1.807) is 6.07 Å². The average Bonchev–Trinajstić information content (AvgIpc) is 2.69. The van der Waals surface area contributed by atoms with Gasteiger partial charge >= 0.3 is 0 Å². The third-order valence-corrected chi connectivity index (χ3v) is 5.30. The topological polar surface area (TPSA) is 88.3 Å². The first kappa shape index (κ1) is 19.2. The van der Waals surface area contributed by atoms with Crippen molar-refractivity contribution in [3.05, 3.63) is 58.9 Å². The maximum atomic E-state index is 12.3. The van der Waals surface area contributed by atoms with Gasteiger partial charge in [0.25, 0.3) is 5.91 Å². The number of carbonyl (C=O) groups excluding carboxylic acids is 2. The molecule has 0 aliphatic carbocycles. The molecule has 0 saturated carbocycles. The highest BCUT2D eigenvalue weighted by atomic mass is 35.5. The molecule has 1 aromatic carbocycles. The maximum Gasteiger partial charge on any atom is 0.251 e. The molecule has 3 N–H and O–H groups in total. The van der Waals surface area contributed by atoms with Crippen LogP contribution in [0.25, 0.3) is 0 Å². The van der Waals surface area contributed by atoms with E-state index in [1.165, 1.54) is 17.8 Å². The SMILES string of the molecule is NC(=O)c1cc(C(=O)NCCC2CCN(c3ccncc3)CC2)ccc1Cl. The van der Waals surface area contributed by atoms with E-state index in [-0.39, 0.29) is 16.5 Å². The summed E-state index contributed by atoms with van der Waals surface area (Å²) in [5.74, 6) is -0.270. The minimum atomic E-state index is -0.643. The van der Waals surface area contributed by atoms with Crippen molar-refractivity contribution in [3.8, 4) is 0 Å². The molecule has 2 aromatic rings. The van der Waals surface area contributed by atoms with Gasteiger partial charge in [0.15, 0.2) is 0 Å². The molecular weight excluding hydrogens is 364 g/mol. The van der Waals surface area contributed by atoms with E-state index in [4.69, 9.17) is 17.3 Å². The Balaban J connectivity index is 1.45. The number of piperidine rings is 1. The van der Waals surface area contributed by atoms with Gasteiger partial charge in [-0.2, -0.15) is 0 Å². The van der Waals surface area contributed by atoms with Crippen LogP contribution in [0.15, 0.2) is 42.7 Å². The molecule has 27 heavy (non-hydrogen) atoms. The Morgan fingerprint density at radius 2 is 1.89 bits per heavy atom. The van der Waals surface area contributed by atoms with Crippen LogP contribution in [-0.2, 0) is 0 Å². The third-order valence-electron chi connectivity index (χ3n) is 4.97. The van der Waals surface area contributed by atoms with Crippen LogP contribution in [0.5, 0.6) is 0 Å².